The second-order valence-corrected chi connectivity index (χ2v) is 16.9. The van der Waals surface area contributed by atoms with Gasteiger partial charge in [0.15, 0.2) is 0 Å². The standard InChI is InChI=1S/C36H75O3PS/c1-13-25-28-31(16-4)34(19-7,20-8)38-40(37,39-35(21-9,22-10)32(17-5)29-26-14-2)41-36(23-11,24-12)33(18-6)30-27-15-3/h31-33H,13-30H2,1-12H3. The van der Waals surface area contributed by atoms with Gasteiger partial charge in [-0.2, -0.15) is 0 Å². The minimum absolute atomic E-state index is 0.115. The Morgan fingerprint density at radius 1 is 0.512 bits per heavy atom. The van der Waals surface area contributed by atoms with E-state index in [1.165, 1.54) is 44.9 Å². The lowest BCUT2D eigenvalue weighted by Crippen LogP contribution is -2.43. The van der Waals surface area contributed by atoms with Crippen molar-refractivity contribution < 1.29 is 13.6 Å². The molecule has 0 aliphatic heterocycles. The average Bonchev–Trinajstić information content (AvgIpc) is 2.99. The lowest BCUT2D eigenvalue weighted by Gasteiger charge is -2.48. The summed E-state index contributed by atoms with van der Waals surface area (Å²) in [7, 11) is 0. The summed E-state index contributed by atoms with van der Waals surface area (Å²) in [6.45, 7) is 23.8. The molecule has 0 aromatic rings. The fourth-order valence-electron chi connectivity index (χ4n) is 7.69. The number of hydrogen-bond donors (Lipinski definition) is 0. The fraction of sp³-hybridized carbons (Fsp3) is 1.00. The highest BCUT2D eigenvalue weighted by Gasteiger charge is 2.52. The predicted molar refractivity (Wildman–Crippen MR) is 187 cm³/mol. The van der Waals surface area contributed by atoms with Crippen LogP contribution in [0.25, 0.3) is 0 Å². The van der Waals surface area contributed by atoms with Gasteiger partial charge >= 0.3 is 6.80 Å². The van der Waals surface area contributed by atoms with E-state index >= 15 is 4.57 Å². The van der Waals surface area contributed by atoms with E-state index in [1.54, 1.807) is 11.4 Å². The third kappa shape index (κ3) is 11.4. The quantitative estimate of drug-likeness (QED) is 0.0858. The largest absolute Gasteiger partial charge is 0.390 e. The Kier molecular flexibility index (Phi) is 21.5. The highest BCUT2D eigenvalue weighted by molar-refractivity contribution is 8.55. The zero-order valence-corrected chi connectivity index (χ0v) is 31.8. The third-order valence-electron chi connectivity index (χ3n) is 10.9. The second-order valence-electron chi connectivity index (χ2n) is 12.8. The second kappa shape index (κ2) is 21.3. The molecule has 3 nitrogen and oxygen atoms in total. The number of rotatable bonds is 27. The van der Waals surface area contributed by atoms with E-state index in [0.717, 1.165) is 70.6 Å². The fourth-order valence-corrected chi connectivity index (χ4v) is 14.3. The molecule has 0 aliphatic carbocycles. The molecule has 0 N–H and O–H groups in total. The van der Waals surface area contributed by atoms with Crippen LogP contribution in [0, 0.1) is 17.8 Å². The first kappa shape index (κ1) is 41.5. The van der Waals surface area contributed by atoms with Gasteiger partial charge in [-0.25, -0.2) is 4.57 Å². The van der Waals surface area contributed by atoms with Crippen LogP contribution in [0.2, 0.25) is 0 Å². The molecule has 41 heavy (non-hydrogen) atoms. The van der Waals surface area contributed by atoms with Crippen molar-refractivity contribution in [1.82, 2.24) is 0 Å². The first-order chi connectivity index (χ1) is 19.5. The molecule has 0 saturated heterocycles. The maximum Gasteiger partial charge on any atom is 0.390 e. The van der Waals surface area contributed by atoms with Gasteiger partial charge in [-0.15, -0.1) is 0 Å². The van der Waals surface area contributed by atoms with Crippen molar-refractivity contribution in [1.29, 1.82) is 0 Å². The van der Waals surface area contributed by atoms with E-state index in [1.807, 2.05) is 0 Å². The first-order valence-corrected chi connectivity index (χ1v) is 21.2. The van der Waals surface area contributed by atoms with Crippen molar-refractivity contribution >= 4 is 18.2 Å². The van der Waals surface area contributed by atoms with Crippen molar-refractivity contribution in [3.63, 3.8) is 0 Å². The van der Waals surface area contributed by atoms with E-state index in [2.05, 4.69) is 83.1 Å². The van der Waals surface area contributed by atoms with Gasteiger partial charge in [-0.05, 0) is 86.9 Å². The summed E-state index contributed by atoms with van der Waals surface area (Å²) in [5.41, 5.74) is -0.855. The van der Waals surface area contributed by atoms with E-state index in [9.17, 15) is 0 Å². The summed E-state index contributed by atoms with van der Waals surface area (Å²) in [4.78, 5) is 0. The third-order valence-corrected chi connectivity index (χ3v) is 15.8. The Labute approximate surface area is 263 Å². The lowest BCUT2D eigenvalue weighted by molar-refractivity contribution is -0.0561. The maximum absolute atomic E-state index is 15.8. The van der Waals surface area contributed by atoms with Crippen LogP contribution in [0.1, 0.15) is 199 Å². The predicted octanol–water partition coefficient (Wildman–Crippen LogP) is 14.2. The van der Waals surface area contributed by atoms with Crippen molar-refractivity contribution in [2.75, 3.05) is 0 Å². The Balaban J connectivity index is 7.16. The monoisotopic (exact) mass is 619 g/mol. The highest BCUT2D eigenvalue weighted by Crippen LogP contribution is 2.73. The van der Waals surface area contributed by atoms with Gasteiger partial charge in [0, 0.05) is 4.75 Å². The lowest BCUT2D eigenvalue weighted by atomic mass is 9.78. The molecule has 0 amide bonds. The zero-order valence-electron chi connectivity index (χ0n) is 30.0. The van der Waals surface area contributed by atoms with Crippen molar-refractivity contribution in [3.05, 3.63) is 0 Å². The van der Waals surface area contributed by atoms with Crippen molar-refractivity contribution in [2.24, 2.45) is 17.8 Å². The van der Waals surface area contributed by atoms with Crippen LogP contribution < -0.4 is 0 Å². The molecule has 248 valence electrons. The number of unbranched alkanes of at least 4 members (excludes halogenated alkanes) is 3. The van der Waals surface area contributed by atoms with Crippen molar-refractivity contribution in [3.8, 4) is 0 Å². The van der Waals surface area contributed by atoms with Crippen LogP contribution in [0.5, 0.6) is 0 Å². The van der Waals surface area contributed by atoms with Gasteiger partial charge in [0.2, 0.25) is 0 Å². The molecule has 0 heterocycles. The van der Waals surface area contributed by atoms with Crippen LogP contribution in [0.15, 0.2) is 0 Å². The van der Waals surface area contributed by atoms with Crippen LogP contribution in [-0.2, 0) is 13.6 Å². The van der Waals surface area contributed by atoms with Gasteiger partial charge < -0.3 is 0 Å². The van der Waals surface area contributed by atoms with Gasteiger partial charge in [-0.3, -0.25) is 9.05 Å². The summed E-state index contributed by atoms with van der Waals surface area (Å²) in [6.07, 6.45) is 19.3. The van der Waals surface area contributed by atoms with E-state index in [4.69, 9.17) is 9.05 Å². The molecule has 5 heteroatoms. The summed E-state index contributed by atoms with van der Waals surface area (Å²) >= 11 is 1.65. The SMILES string of the molecule is CCCCC(CC)C(CC)(CC)OP(=O)(OC(CC)(CC)C(CC)CCCC)SC(CC)(CC)C(CC)CCCC. The van der Waals surface area contributed by atoms with Crippen molar-refractivity contribution in [2.45, 2.75) is 215 Å². The summed E-state index contributed by atoms with van der Waals surface area (Å²) < 4.78 is 30.3. The molecule has 0 fully saturated rings. The minimum Gasteiger partial charge on any atom is -0.294 e. The maximum atomic E-state index is 15.8. The van der Waals surface area contributed by atoms with Gasteiger partial charge in [0.1, 0.15) is 0 Å². The summed E-state index contributed by atoms with van der Waals surface area (Å²) in [6, 6.07) is 0. The van der Waals surface area contributed by atoms with Crippen LogP contribution >= 0.6 is 18.2 Å². The zero-order chi connectivity index (χ0) is 31.6. The molecule has 0 aromatic heterocycles. The Morgan fingerprint density at radius 3 is 1.07 bits per heavy atom. The van der Waals surface area contributed by atoms with Crippen LogP contribution in [0.3, 0.4) is 0 Å². The van der Waals surface area contributed by atoms with Gasteiger partial charge in [0.25, 0.3) is 0 Å². The molecule has 0 rings (SSSR count). The van der Waals surface area contributed by atoms with Crippen LogP contribution in [-0.4, -0.2) is 15.9 Å². The topological polar surface area (TPSA) is 35.5 Å². The summed E-state index contributed by atoms with van der Waals surface area (Å²) in [5.74, 6) is 1.27. The Hall–Kier alpha value is 0.500. The highest BCUT2D eigenvalue weighted by atomic mass is 32.7. The molecule has 0 aromatic carbocycles. The Morgan fingerprint density at radius 2 is 0.829 bits per heavy atom. The van der Waals surface area contributed by atoms with E-state index in [-0.39, 0.29) is 4.75 Å². The smallest absolute Gasteiger partial charge is 0.294 e. The molecule has 0 spiro atoms. The summed E-state index contributed by atoms with van der Waals surface area (Å²) in [5, 5.41) is 0. The molecular formula is C36H75O3PS. The number of hydrogen-bond acceptors (Lipinski definition) is 4. The minimum atomic E-state index is -3.56. The van der Waals surface area contributed by atoms with Gasteiger partial charge in [0.05, 0.1) is 11.2 Å². The molecule has 0 aliphatic rings. The molecule has 0 radical (unpaired) electrons. The molecule has 3 atom stereocenters. The van der Waals surface area contributed by atoms with Crippen LogP contribution in [0.4, 0.5) is 0 Å². The molecule has 0 bridgehead atoms. The Bertz CT molecular complexity index is 594. The van der Waals surface area contributed by atoms with E-state index in [0.29, 0.717) is 17.8 Å². The van der Waals surface area contributed by atoms with E-state index < -0.39 is 18.0 Å². The normalized spacial score (nSPS) is 16.9. The van der Waals surface area contributed by atoms with Gasteiger partial charge in [-0.1, -0.05) is 141 Å². The molecule has 3 unspecified atom stereocenters. The molecule has 0 saturated carbocycles. The first-order valence-electron chi connectivity index (χ1n) is 18.3. The average molecular weight is 619 g/mol. The molecular weight excluding hydrogens is 543 g/mol.